The lowest BCUT2D eigenvalue weighted by Crippen LogP contribution is -2.30. The molecule has 122 valence electrons. The van der Waals surface area contributed by atoms with E-state index < -0.39 is 17.1 Å². The van der Waals surface area contributed by atoms with E-state index in [-0.39, 0.29) is 29.4 Å². The molecule has 23 heavy (non-hydrogen) atoms. The fraction of sp³-hybridized carbons (Fsp3) is 0.267. The van der Waals surface area contributed by atoms with Crippen molar-refractivity contribution in [1.29, 1.82) is 0 Å². The molecule has 0 radical (unpaired) electrons. The van der Waals surface area contributed by atoms with Gasteiger partial charge >= 0.3 is 5.97 Å². The Kier molecular flexibility index (Phi) is 5.28. The molecule has 8 heteroatoms. The number of thioether (sulfide) groups is 1. The van der Waals surface area contributed by atoms with E-state index in [9.17, 15) is 19.5 Å². The van der Waals surface area contributed by atoms with E-state index in [1.54, 1.807) is 19.1 Å². The number of aliphatic carboxylic acids is 1. The number of phenolic OH excluding ortho intramolecular Hbond substituents is 1. The highest BCUT2D eigenvalue weighted by atomic mass is 32.2. The number of amides is 2. The Morgan fingerprint density at radius 1 is 1.39 bits per heavy atom. The summed E-state index contributed by atoms with van der Waals surface area (Å²) in [5.41, 5.74) is 0.593. The van der Waals surface area contributed by atoms with Gasteiger partial charge in [0.25, 0.3) is 11.1 Å². The Morgan fingerprint density at radius 2 is 2.13 bits per heavy atom. The first-order valence-electron chi connectivity index (χ1n) is 6.85. The molecule has 0 saturated carbocycles. The van der Waals surface area contributed by atoms with Crippen LogP contribution >= 0.6 is 11.8 Å². The van der Waals surface area contributed by atoms with Gasteiger partial charge in [-0.15, -0.1) is 0 Å². The molecular weight excluding hydrogens is 322 g/mol. The van der Waals surface area contributed by atoms with Crippen LogP contribution in [0.5, 0.6) is 11.5 Å². The molecule has 0 aliphatic carbocycles. The van der Waals surface area contributed by atoms with Gasteiger partial charge in [0.1, 0.15) is 0 Å². The van der Waals surface area contributed by atoms with E-state index in [1.165, 1.54) is 12.1 Å². The predicted octanol–water partition coefficient (Wildman–Crippen LogP) is 2.30. The molecule has 1 aromatic carbocycles. The van der Waals surface area contributed by atoms with E-state index in [0.717, 1.165) is 16.7 Å². The standard InChI is InChI=1S/C15H15NO6S/c1-2-22-11-7-9(3-4-10(11)17)8-12-14(20)16(15(21)23-12)6-5-13(18)19/h3-4,7-8,17H,2,5-6H2,1H3,(H,18,19)/b12-8-. The normalized spacial score (nSPS) is 16.2. The second-order valence-corrected chi connectivity index (χ2v) is 5.63. The molecule has 0 unspecified atom stereocenters. The SMILES string of the molecule is CCOc1cc(/C=C2\SC(=O)N(CCC(=O)O)C2=O)ccc1O. The third kappa shape index (κ3) is 4.04. The van der Waals surface area contributed by atoms with Crippen LogP contribution in [0.25, 0.3) is 6.08 Å². The zero-order valence-electron chi connectivity index (χ0n) is 12.3. The number of phenols is 1. The minimum atomic E-state index is -1.08. The van der Waals surface area contributed by atoms with Crippen LogP contribution in [0.4, 0.5) is 4.79 Å². The number of rotatable bonds is 6. The zero-order valence-corrected chi connectivity index (χ0v) is 13.1. The maximum absolute atomic E-state index is 12.2. The van der Waals surface area contributed by atoms with Gasteiger partial charge in [-0.2, -0.15) is 0 Å². The monoisotopic (exact) mass is 337 g/mol. The first-order chi connectivity index (χ1) is 10.9. The molecule has 0 bridgehead atoms. The van der Waals surface area contributed by atoms with Crippen molar-refractivity contribution in [3.8, 4) is 11.5 Å². The first-order valence-corrected chi connectivity index (χ1v) is 7.67. The molecule has 0 aromatic heterocycles. The Labute approximate surface area is 136 Å². The van der Waals surface area contributed by atoms with Crippen molar-refractivity contribution in [3.05, 3.63) is 28.7 Å². The lowest BCUT2D eigenvalue weighted by atomic mass is 10.2. The molecule has 2 amide bonds. The topological polar surface area (TPSA) is 104 Å². The Balaban J connectivity index is 2.20. The number of hydrogen-bond acceptors (Lipinski definition) is 6. The van der Waals surface area contributed by atoms with Crippen LogP contribution in [-0.4, -0.2) is 45.4 Å². The fourth-order valence-corrected chi connectivity index (χ4v) is 2.81. The van der Waals surface area contributed by atoms with Crippen molar-refractivity contribution in [3.63, 3.8) is 0 Å². The maximum atomic E-state index is 12.2. The average molecular weight is 337 g/mol. The molecule has 7 nitrogen and oxygen atoms in total. The van der Waals surface area contributed by atoms with E-state index in [4.69, 9.17) is 9.84 Å². The highest BCUT2D eigenvalue weighted by molar-refractivity contribution is 8.18. The van der Waals surface area contributed by atoms with Crippen LogP contribution < -0.4 is 4.74 Å². The summed E-state index contributed by atoms with van der Waals surface area (Å²) >= 11 is 0.754. The molecule has 1 aliphatic heterocycles. The van der Waals surface area contributed by atoms with Crippen molar-refractivity contribution < 1.29 is 29.3 Å². The van der Waals surface area contributed by atoms with Crippen LogP contribution in [0.3, 0.4) is 0 Å². The third-order valence-corrected chi connectivity index (χ3v) is 3.91. The molecule has 1 saturated heterocycles. The first kappa shape index (κ1) is 16.9. The van der Waals surface area contributed by atoms with Gasteiger partial charge in [0.2, 0.25) is 0 Å². The van der Waals surface area contributed by atoms with Crippen molar-refractivity contribution in [2.75, 3.05) is 13.2 Å². The highest BCUT2D eigenvalue weighted by Crippen LogP contribution is 2.34. The van der Waals surface area contributed by atoms with Gasteiger partial charge in [0, 0.05) is 6.54 Å². The number of hydrogen-bond donors (Lipinski definition) is 2. The largest absolute Gasteiger partial charge is 0.504 e. The summed E-state index contributed by atoms with van der Waals surface area (Å²) in [4.78, 5) is 35.6. The van der Waals surface area contributed by atoms with Crippen LogP contribution in [0.2, 0.25) is 0 Å². The molecule has 2 rings (SSSR count). The van der Waals surface area contributed by atoms with Gasteiger partial charge in [0.15, 0.2) is 11.5 Å². The van der Waals surface area contributed by atoms with Crippen LogP contribution in [0.15, 0.2) is 23.1 Å². The second kappa shape index (κ2) is 7.19. The van der Waals surface area contributed by atoms with Crippen LogP contribution in [0.1, 0.15) is 18.9 Å². The van der Waals surface area contributed by atoms with Crippen LogP contribution in [-0.2, 0) is 9.59 Å². The summed E-state index contributed by atoms with van der Waals surface area (Å²) < 4.78 is 5.26. The third-order valence-electron chi connectivity index (χ3n) is 3.00. The van der Waals surface area contributed by atoms with E-state index in [1.807, 2.05) is 0 Å². The van der Waals surface area contributed by atoms with E-state index in [2.05, 4.69) is 0 Å². The Morgan fingerprint density at radius 3 is 2.78 bits per heavy atom. The number of carboxylic acid groups (broad SMARTS) is 1. The molecule has 1 aromatic rings. The number of imide groups is 1. The average Bonchev–Trinajstić information content (AvgIpc) is 2.75. The molecular formula is C15H15NO6S. The summed E-state index contributed by atoms with van der Waals surface area (Å²) in [5.74, 6) is -1.33. The summed E-state index contributed by atoms with van der Waals surface area (Å²) in [7, 11) is 0. The zero-order chi connectivity index (χ0) is 17.0. The van der Waals surface area contributed by atoms with Crippen LogP contribution in [0, 0.1) is 0 Å². The second-order valence-electron chi connectivity index (χ2n) is 4.64. The molecule has 1 aliphatic rings. The van der Waals surface area contributed by atoms with Crippen molar-refractivity contribution >= 4 is 35.0 Å². The summed E-state index contributed by atoms with van der Waals surface area (Å²) in [5, 5.41) is 17.8. The van der Waals surface area contributed by atoms with Crippen molar-refractivity contribution in [2.45, 2.75) is 13.3 Å². The number of benzene rings is 1. The molecule has 0 atom stereocenters. The van der Waals surface area contributed by atoms with Gasteiger partial charge in [-0.25, -0.2) is 0 Å². The number of nitrogens with zero attached hydrogens (tertiary/aromatic N) is 1. The molecule has 0 spiro atoms. The number of ether oxygens (including phenoxy) is 1. The van der Waals surface area contributed by atoms with Gasteiger partial charge < -0.3 is 14.9 Å². The molecule has 2 N–H and O–H groups in total. The lowest BCUT2D eigenvalue weighted by Gasteiger charge is -2.10. The number of carbonyl (C=O) groups excluding carboxylic acids is 2. The van der Waals surface area contributed by atoms with E-state index >= 15 is 0 Å². The van der Waals surface area contributed by atoms with Gasteiger partial charge in [-0.05, 0) is 42.5 Å². The Hall–Kier alpha value is -2.48. The van der Waals surface area contributed by atoms with Crippen molar-refractivity contribution in [1.82, 2.24) is 4.90 Å². The minimum absolute atomic E-state index is 0.0152. The number of aromatic hydroxyl groups is 1. The van der Waals surface area contributed by atoms with E-state index in [0.29, 0.717) is 12.2 Å². The molecule has 1 fully saturated rings. The number of carboxylic acids is 1. The number of carbonyl (C=O) groups is 3. The Bertz CT molecular complexity index is 685. The summed E-state index contributed by atoms with van der Waals surface area (Å²) in [6, 6.07) is 4.58. The smallest absolute Gasteiger partial charge is 0.305 e. The maximum Gasteiger partial charge on any atom is 0.305 e. The van der Waals surface area contributed by atoms with Crippen molar-refractivity contribution in [2.24, 2.45) is 0 Å². The minimum Gasteiger partial charge on any atom is -0.504 e. The highest BCUT2D eigenvalue weighted by Gasteiger charge is 2.35. The quantitative estimate of drug-likeness (QED) is 0.767. The summed E-state index contributed by atoms with van der Waals surface area (Å²) in [6.45, 7) is 2.00. The molecule has 1 heterocycles. The van der Waals surface area contributed by atoms with Gasteiger partial charge in [-0.1, -0.05) is 6.07 Å². The summed E-state index contributed by atoms with van der Waals surface area (Å²) in [6.07, 6.45) is 1.21. The van der Waals surface area contributed by atoms with Gasteiger partial charge in [0.05, 0.1) is 17.9 Å². The fourth-order valence-electron chi connectivity index (χ4n) is 1.94. The van der Waals surface area contributed by atoms with Gasteiger partial charge in [-0.3, -0.25) is 19.3 Å². The lowest BCUT2D eigenvalue weighted by molar-refractivity contribution is -0.137. The predicted molar refractivity (Wildman–Crippen MR) is 84.2 cm³/mol.